The third-order valence-electron chi connectivity index (χ3n) is 4.38. The minimum absolute atomic E-state index is 0.0506. The van der Waals surface area contributed by atoms with Crippen LogP contribution in [0.15, 0.2) is 42.5 Å². The highest BCUT2D eigenvalue weighted by molar-refractivity contribution is 5.81. The summed E-state index contributed by atoms with van der Waals surface area (Å²) < 4.78 is 11.2. The first-order valence-electron chi connectivity index (χ1n) is 9.16. The normalized spacial score (nSPS) is 13.0. The van der Waals surface area contributed by atoms with E-state index in [2.05, 4.69) is 18.3 Å². The van der Waals surface area contributed by atoms with Crippen LogP contribution in [0.5, 0.6) is 11.5 Å². The summed E-state index contributed by atoms with van der Waals surface area (Å²) in [6.45, 7) is 8.07. The summed E-state index contributed by atoms with van der Waals surface area (Å²) in [6, 6.07) is 13.8. The Morgan fingerprint density at radius 2 is 1.58 bits per heavy atom. The first-order valence-corrected chi connectivity index (χ1v) is 9.16. The van der Waals surface area contributed by atoms with Crippen LogP contribution in [-0.4, -0.2) is 19.1 Å². The summed E-state index contributed by atoms with van der Waals surface area (Å²) in [7, 11) is 1.64. The number of methoxy groups -OCH3 is 1. The van der Waals surface area contributed by atoms with Crippen molar-refractivity contribution in [2.24, 2.45) is 0 Å². The van der Waals surface area contributed by atoms with Crippen molar-refractivity contribution in [3.05, 3.63) is 59.2 Å². The molecule has 1 amide bonds. The van der Waals surface area contributed by atoms with Crippen molar-refractivity contribution in [3.8, 4) is 11.5 Å². The number of aryl methyl sites for hydroxylation is 2. The zero-order valence-electron chi connectivity index (χ0n) is 16.3. The van der Waals surface area contributed by atoms with Crippen LogP contribution in [0.2, 0.25) is 0 Å². The van der Waals surface area contributed by atoms with E-state index in [0.29, 0.717) is 6.42 Å². The number of nitrogens with one attached hydrogen (secondary N) is 1. The van der Waals surface area contributed by atoms with Gasteiger partial charge in [-0.3, -0.25) is 4.79 Å². The minimum Gasteiger partial charge on any atom is -0.497 e. The van der Waals surface area contributed by atoms with E-state index in [-0.39, 0.29) is 11.9 Å². The van der Waals surface area contributed by atoms with E-state index < -0.39 is 6.10 Å². The number of benzene rings is 2. The fourth-order valence-corrected chi connectivity index (χ4v) is 3.01. The molecule has 4 heteroatoms. The van der Waals surface area contributed by atoms with Gasteiger partial charge in [0.15, 0.2) is 6.10 Å². The van der Waals surface area contributed by atoms with E-state index in [0.717, 1.165) is 34.6 Å². The topological polar surface area (TPSA) is 47.6 Å². The number of carbonyl (C=O) groups excluding carboxylic acids is 1. The second-order valence-electron chi connectivity index (χ2n) is 6.58. The highest BCUT2D eigenvalue weighted by Crippen LogP contribution is 2.22. The molecule has 0 radical (unpaired) electrons. The van der Waals surface area contributed by atoms with Gasteiger partial charge in [-0.15, -0.1) is 0 Å². The van der Waals surface area contributed by atoms with Crippen LogP contribution in [-0.2, 0) is 4.79 Å². The average Bonchev–Trinajstić information content (AvgIpc) is 2.63. The van der Waals surface area contributed by atoms with E-state index >= 15 is 0 Å². The molecule has 0 fully saturated rings. The van der Waals surface area contributed by atoms with Crippen LogP contribution in [0, 0.1) is 13.8 Å². The Morgan fingerprint density at radius 3 is 2.08 bits per heavy atom. The third kappa shape index (κ3) is 5.25. The van der Waals surface area contributed by atoms with Crippen molar-refractivity contribution in [2.75, 3.05) is 7.11 Å². The van der Waals surface area contributed by atoms with Crippen LogP contribution < -0.4 is 14.8 Å². The Bertz CT molecular complexity index is 704. The highest BCUT2D eigenvalue weighted by Gasteiger charge is 2.22. The number of hydrogen-bond donors (Lipinski definition) is 1. The van der Waals surface area contributed by atoms with Crippen molar-refractivity contribution < 1.29 is 14.3 Å². The smallest absolute Gasteiger partial charge is 0.261 e. The fraction of sp³-hybridized carbons (Fsp3) is 0.409. The van der Waals surface area contributed by atoms with Gasteiger partial charge in [-0.1, -0.05) is 32.0 Å². The number of rotatable bonds is 8. The number of amides is 1. The van der Waals surface area contributed by atoms with Crippen LogP contribution in [0.1, 0.15) is 49.4 Å². The van der Waals surface area contributed by atoms with E-state index in [9.17, 15) is 4.79 Å². The first kappa shape index (κ1) is 19.8. The molecule has 0 aliphatic heterocycles. The molecule has 2 aromatic carbocycles. The predicted molar refractivity (Wildman–Crippen MR) is 105 cm³/mol. The van der Waals surface area contributed by atoms with Gasteiger partial charge in [-0.2, -0.15) is 0 Å². The SMILES string of the molecule is CC[C@@H](Oc1cc(C)cc(C)c1)C(=O)N[C@H](CC)c1ccc(OC)cc1. The molecule has 0 spiro atoms. The Kier molecular flexibility index (Phi) is 7.07. The molecular weight excluding hydrogens is 326 g/mol. The van der Waals surface area contributed by atoms with Gasteiger partial charge >= 0.3 is 0 Å². The molecular formula is C22H29NO3. The summed E-state index contributed by atoms with van der Waals surface area (Å²) in [4.78, 5) is 12.8. The van der Waals surface area contributed by atoms with Crippen molar-refractivity contribution in [1.82, 2.24) is 5.32 Å². The number of carbonyl (C=O) groups is 1. The van der Waals surface area contributed by atoms with E-state index in [1.807, 2.05) is 57.2 Å². The summed E-state index contributed by atoms with van der Waals surface area (Å²) in [5.41, 5.74) is 3.31. The van der Waals surface area contributed by atoms with Crippen LogP contribution in [0.25, 0.3) is 0 Å². The van der Waals surface area contributed by atoms with Gasteiger partial charge in [0.25, 0.3) is 5.91 Å². The molecule has 2 atom stereocenters. The van der Waals surface area contributed by atoms with Crippen LogP contribution in [0.3, 0.4) is 0 Å². The monoisotopic (exact) mass is 355 g/mol. The standard InChI is InChI=1S/C22H29NO3/c1-6-20(17-8-10-18(25-5)11-9-17)23-22(24)21(7-2)26-19-13-15(3)12-16(4)14-19/h8-14,20-21H,6-7H2,1-5H3,(H,23,24)/t20-,21-/m1/s1. The van der Waals surface area contributed by atoms with Crippen LogP contribution in [0.4, 0.5) is 0 Å². The maximum absolute atomic E-state index is 12.8. The van der Waals surface area contributed by atoms with Crippen molar-refractivity contribution in [1.29, 1.82) is 0 Å². The Balaban J connectivity index is 2.08. The van der Waals surface area contributed by atoms with Crippen molar-refractivity contribution >= 4 is 5.91 Å². The van der Waals surface area contributed by atoms with Gasteiger partial charge < -0.3 is 14.8 Å². The van der Waals surface area contributed by atoms with Gasteiger partial charge in [-0.05, 0) is 67.6 Å². The second kappa shape index (κ2) is 9.27. The summed E-state index contributed by atoms with van der Waals surface area (Å²) in [5, 5.41) is 3.12. The van der Waals surface area contributed by atoms with Crippen LogP contribution >= 0.6 is 0 Å². The largest absolute Gasteiger partial charge is 0.497 e. The van der Waals surface area contributed by atoms with Gasteiger partial charge in [-0.25, -0.2) is 0 Å². The van der Waals surface area contributed by atoms with Gasteiger partial charge in [0.1, 0.15) is 11.5 Å². The molecule has 0 aromatic heterocycles. The number of hydrogen-bond acceptors (Lipinski definition) is 3. The maximum Gasteiger partial charge on any atom is 0.261 e. The first-order chi connectivity index (χ1) is 12.5. The van der Waals surface area contributed by atoms with E-state index in [1.165, 1.54) is 0 Å². The Labute approximate surface area is 156 Å². The molecule has 0 aliphatic rings. The zero-order valence-corrected chi connectivity index (χ0v) is 16.3. The molecule has 2 aromatic rings. The summed E-state index contributed by atoms with van der Waals surface area (Å²) in [6.07, 6.45) is 0.902. The second-order valence-corrected chi connectivity index (χ2v) is 6.58. The lowest BCUT2D eigenvalue weighted by molar-refractivity contribution is -0.128. The van der Waals surface area contributed by atoms with Gasteiger partial charge in [0.05, 0.1) is 13.2 Å². The molecule has 0 saturated heterocycles. The molecule has 0 aliphatic carbocycles. The van der Waals surface area contributed by atoms with E-state index in [4.69, 9.17) is 9.47 Å². The molecule has 0 unspecified atom stereocenters. The number of ether oxygens (including phenoxy) is 2. The van der Waals surface area contributed by atoms with Crippen molar-refractivity contribution in [2.45, 2.75) is 52.7 Å². The fourth-order valence-electron chi connectivity index (χ4n) is 3.01. The van der Waals surface area contributed by atoms with E-state index in [1.54, 1.807) is 7.11 Å². The molecule has 0 bridgehead atoms. The third-order valence-corrected chi connectivity index (χ3v) is 4.38. The average molecular weight is 355 g/mol. The molecule has 2 rings (SSSR count). The maximum atomic E-state index is 12.8. The molecule has 1 N–H and O–H groups in total. The molecule has 4 nitrogen and oxygen atoms in total. The molecule has 0 heterocycles. The zero-order chi connectivity index (χ0) is 19.1. The summed E-state index contributed by atoms with van der Waals surface area (Å²) >= 11 is 0. The quantitative estimate of drug-likeness (QED) is 0.744. The molecule has 0 saturated carbocycles. The van der Waals surface area contributed by atoms with Gasteiger partial charge in [0.2, 0.25) is 0 Å². The Hall–Kier alpha value is -2.49. The lowest BCUT2D eigenvalue weighted by Gasteiger charge is -2.23. The Morgan fingerprint density at radius 1 is 0.962 bits per heavy atom. The summed E-state index contributed by atoms with van der Waals surface area (Å²) in [5.74, 6) is 1.45. The predicted octanol–water partition coefficient (Wildman–Crippen LogP) is 4.74. The highest BCUT2D eigenvalue weighted by atomic mass is 16.5. The lowest BCUT2D eigenvalue weighted by Crippen LogP contribution is -2.40. The molecule has 140 valence electrons. The molecule has 26 heavy (non-hydrogen) atoms. The minimum atomic E-state index is -0.511. The lowest BCUT2D eigenvalue weighted by atomic mass is 10.0. The van der Waals surface area contributed by atoms with Gasteiger partial charge in [0, 0.05) is 0 Å². The van der Waals surface area contributed by atoms with Crippen molar-refractivity contribution in [3.63, 3.8) is 0 Å².